The number of H-pyrrole nitrogens is 2. The molecule has 1 aliphatic rings. The zero-order chi connectivity index (χ0) is 29.6. The molecule has 0 radical (unpaired) electrons. The summed E-state index contributed by atoms with van der Waals surface area (Å²) in [7, 11) is 0. The van der Waals surface area contributed by atoms with Gasteiger partial charge in [0.2, 0.25) is 0 Å². The number of nitrogens with zero attached hydrogens (tertiary/aromatic N) is 4. The molecule has 3 aromatic heterocycles. The summed E-state index contributed by atoms with van der Waals surface area (Å²) in [5, 5.41) is 15.0. The zero-order valence-electron chi connectivity index (χ0n) is 25.0. The van der Waals surface area contributed by atoms with Crippen molar-refractivity contribution in [3.05, 3.63) is 89.5 Å². The number of rotatable bonds is 11. The topological polar surface area (TPSA) is 115 Å². The molecule has 1 amide bonds. The lowest BCUT2D eigenvalue weighted by atomic mass is 9.93. The fourth-order valence-corrected chi connectivity index (χ4v) is 5.98. The van der Waals surface area contributed by atoms with Crippen molar-refractivity contribution in [3.8, 4) is 22.6 Å². The molecule has 4 heterocycles. The van der Waals surface area contributed by atoms with Crippen molar-refractivity contribution in [3.63, 3.8) is 0 Å². The number of imidazole rings is 1. The first-order chi connectivity index (χ1) is 21.1. The standard InChI is InChI=1S/C34H40N8O/c1-3-35-18-27-19-36-20-29(23(27)2)26-9-10-30-28(17-26)32(41-40-30)33-38-21-31(39-33)34(43)37-14-11-24-12-15-42(16-13-24)22-25-7-5-4-6-8-25/h4-10,17,19-21,24,35H,3,11-16,18,22H2,1-2H3,(H,37,43)(H,38,39)(H,40,41). The van der Waals surface area contributed by atoms with Gasteiger partial charge in [-0.05, 0) is 86.1 Å². The average Bonchev–Trinajstić information content (AvgIpc) is 3.69. The molecular weight excluding hydrogens is 536 g/mol. The number of fused-ring (bicyclic) bond motifs is 1. The molecule has 43 heavy (non-hydrogen) atoms. The first-order valence-corrected chi connectivity index (χ1v) is 15.3. The normalized spacial score (nSPS) is 14.4. The molecule has 2 aromatic carbocycles. The molecule has 0 bridgehead atoms. The number of aromatic nitrogens is 5. The lowest BCUT2D eigenvalue weighted by Gasteiger charge is -2.32. The van der Waals surface area contributed by atoms with Crippen molar-refractivity contribution in [1.82, 2.24) is 40.7 Å². The van der Waals surface area contributed by atoms with Gasteiger partial charge in [0, 0.05) is 43.0 Å². The van der Waals surface area contributed by atoms with Crippen LogP contribution in [0.3, 0.4) is 0 Å². The van der Waals surface area contributed by atoms with Crippen LogP contribution in [0.1, 0.15) is 53.4 Å². The third-order valence-electron chi connectivity index (χ3n) is 8.60. The molecule has 1 saturated heterocycles. The summed E-state index contributed by atoms with van der Waals surface area (Å²) in [6.07, 6.45) is 8.75. The predicted octanol–water partition coefficient (Wildman–Crippen LogP) is 5.47. The molecule has 1 fully saturated rings. The molecule has 9 nitrogen and oxygen atoms in total. The van der Waals surface area contributed by atoms with Gasteiger partial charge in [-0.1, -0.05) is 43.3 Å². The van der Waals surface area contributed by atoms with Crippen LogP contribution in [0.15, 0.2) is 67.1 Å². The molecule has 6 rings (SSSR count). The molecule has 0 saturated carbocycles. The van der Waals surface area contributed by atoms with E-state index in [0.717, 1.165) is 61.2 Å². The van der Waals surface area contributed by atoms with Crippen molar-refractivity contribution in [1.29, 1.82) is 0 Å². The maximum Gasteiger partial charge on any atom is 0.269 e. The minimum atomic E-state index is -0.139. The highest BCUT2D eigenvalue weighted by atomic mass is 16.1. The van der Waals surface area contributed by atoms with E-state index in [0.29, 0.717) is 29.7 Å². The second-order valence-corrected chi connectivity index (χ2v) is 11.5. The van der Waals surface area contributed by atoms with E-state index >= 15 is 0 Å². The Hall–Kier alpha value is -4.34. The van der Waals surface area contributed by atoms with Crippen LogP contribution in [0, 0.1) is 12.8 Å². The van der Waals surface area contributed by atoms with E-state index in [2.05, 4.69) is 97.0 Å². The summed E-state index contributed by atoms with van der Waals surface area (Å²) in [4.78, 5) is 27.7. The third-order valence-corrected chi connectivity index (χ3v) is 8.60. The molecule has 0 aliphatic carbocycles. The van der Waals surface area contributed by atoms with Gasteiger partial charge in [-0.15, -0.1) is 0 Å². The fourth-order valence-electron chi connectivity index (χ4n) is 5.98. The van der Waals surface area contributed by atoms with Crippen molar-refractivity contribution in [2.45, 2.75) is 46.2 Å². The third kappa shape index (κ3) is 6.68. The van der Waals surface area contributed by atoms with E-state index in [1.807, 2.05) is 18.5 Å². The molecular formula is C34H40N8O. The quantitative estimate of drug-likeness (QED) is 0.166. The zero-order valence-corrected chi connectivity index (χ0v) is 25.0. The van der Waals surface area contributed by atoms with Gasteiger partial charge in [-0.2, -0.15) is 5.10 Å². The van der Waals surface area contributed by atoms with Gasteiger partial charge in [-0.25, -0.2) is 4.98 Å². The van der Waals surface area contributed by atoms with Crippen LogP contribution in [0.4, 0.5) is 0 Å². The SMILES string of the molecule is CCNCc1cncc(-c2ccc3[nH]nc(-c4ncc(C(=O)NCCC5CCN(Cc6ccccc6)CC5)[nH]4)c3c2)c1C. The van der Waals surface area contributed by atoms with Crippen LogP contribution in [0.25, 0.3) is 33.5 Å². The van der Waals surface area contributed by atoms with Crippen molar-refractivity contribution >= 4 is 16.8 Å². The molecule has 4 N–H and O–H groups in total. The van der Waals surface area contributed by atoms with Crippen molar-refractivity contribution in [2.75, 3.05) is 26.2 Å². The number of pyridine rings is 1. The number of benzene rings is 2. The molecule has 0 spiro atoms. The number of carbonyl (C=O) groups excluding carboxylic acids is 1. The van der Waals surface area contributed by atoms with Gasteiger partial charge in [0.25, 0.3) is 5.91 Å². The largest absolute Gasteiger partial charge is 0.351 e. The maximum absolute atomic E-state index is 12.9. The molecule has 1 aliphatic heterocycles. The van der Waals surface area contributed by atoms with E-state index < -0.39 is 0 Å². The number of piperidine rings is 1. The molecule has 9 heteroatoms. The summed E-state index contributed by atoms with van der Waals surface area (Å²) >= 11 is 0. The van der Waals surface area contributed by atoms with E-state index in [1.165, 1.54) is 29.5 Å². The summed E-state index contributed by atoms with van der Waals surface area (Å²) in [5.74, 6) is 1.06. The predicted molar refractivity (Wildman–Crippen MR) is 170 cm³/mol. The summed E-state index contributed by atoms with van der Waals surface area (Å²) in [5.41, 5.74) is 7.94. The smallest absolute Gasteiger partial charge is 0.269 e. The Kier molecular flexibility index (Phi) is 8.91. The molecule has 0 atom stereocenters. The number of likely N-dealkylation sites (tertiary alicyclic amines) is 1. The van der Waals surface area contributed by atoms with E-state index in [1.54, 1.807) is 6.20 Å². The van der Waals surface area contributed by atoms with Crippen LogP contribution >= 0.6 is 0 Å². The maximum atomic E-state index is 12.9. The highest BCUT2D eigenvalue weighted by Gasteiger charge is 2.20. The fraction of sp³-hybridized carbons (Fsp3) is 0.353. The van der Waals surface area contributed by atoms with Crippen LogP contribution in [-0.2, 0) is 13.1 Å². The Morgan fingerprint density at radius 3 is 2.72 bits per heavy atom. The number of hydrogen-bond acceptors (Lipinski definition) is 6. The van der Waals surface area contributed by atoms with Crippen LogP contribution in [-0.4, -0.2) is 62.1 Å². The minimum absolute atomic E-state index is 0.139. The second-order valence-electron chi connectivity index (χ2n) is 11.5. The van der Waals surface area contributed by atoms with Crippen LogP contribution in [0.2, 0.25) is 0 Å². The monoisotopic (exact) mass is 576 g/mol. The van der Waals surface area contributed by atoms with Gasteiger partial charge in [0.15, 0.2) is 5.82 Å². The van der Waals surface area contributed by atoms with Gasteiger partial charge in [0.1, 0.15) is 11.4 Å². The van der Waals surface area contributed by atoms with Gasteiger partial charge in [0.05, 0.1) is 11.7 Å². The first kappa shape index (κ1) is 28.8. The average molecular weight is 577 g/mol. The Bertz CT molecular complexity index is 1670. The second kappa shape index (κ2) is 13.3. The van der Waals surface area contributed by atoms with E-state index in [4.69, 9.17) is 0 Å². The Labute approximate surface area is 252 Å². The number of nitrogens with one attached hydrogen (secondary N) is 4. The van der Waals surface area contributed by atoms with Gasteiger partial charge in [-0.3, -0.25) is 19.8 Å². The number of amides is 1. The summed E-state index contributed by atoms with van der Waals surface area (Å²) in [6, 6.07) is 16.9. The summed E-state index contributed by atoms with van der Waals surface area (Å²) < 4.78 is 0. The number of aromatic amines is 2. The van der Waals surface area contributed by atoms with Gasteiger partial charge >= 0.3 is 0 Å². The minimum Gasteiger partial charge on any atom is -0.351 e. The van der Waals surface area contributed by atoms with Gasteiger partial charge < -0.3 is 15.6 Å². The van der Waals surface area contributed by atoms with Crippen molar-refractivity contribution < 1.29 is 4.79 Å². The molecule has 0 unspecified atom stereocenters. The Morgan fingerprint density at radius 1 is 1.07 bits per heavy atom. The Morgan fingerprint density at radius 2 is 1.91 bits per heavy atom. The van der Waals surface area contributed by atoms with Crippen LogP contribution in [0.5, 0.6) is 0 Å². The van der Waals surface area contributed by atoms with Crippen molar-refractivity contribution in [2.24, 2.45) is 5.92 Å². The molecule has 222 valence electrons. The lowest BCUT2D eigenvalue weighted by Crippen LogP contribution is -2.34. The summed E-state index contributed by atoms with van der Waals surface area (Å²) in [6.45, 7) is 9.81. The molecule has 5 aromatic rings. The van der Waals surface area contributed by atoms with Crippen LogP contribution < -0.4 is 10.6 Å². The van der Waals surface area contributed by atoms with E-state index in [-0.39, 0.29) is 5.91 Å². The number of carbonyl (C=O) groups is 1. The Balaban J connectivity index is 1.06. The first-order valence-electron chi connectivity index (χ1n) is 15.3. The van der Waals surface area contributed by atoms with E-state index in [9.17, 15) is 4.79 Å². The highest BCUT2D eigenvalue weighted by Crippen LogP contribution is 2.31. The number of hydrogen-bond donors (Lipinski definition) is 4. The highest BCUT2D eigenvalue weighted by molar-refractivity contribution is 5.96. The lowest BCUT2D eigenvalue weighted by molar-refractivity contribution is 0.0943.